The molecule has 2 aromatic carbocycles. The van der Waals surface area contributed by atoms with E-state index in [1.807, 2.05) is 0 Å². The molecule has 0 bridgehead atoms. The molecule has 3 rings (SSSR count). The van der Waals surface area contributed by atoms with Crippen molar-refractivity contribution in [3.8, 4) is 0 Å². The summed E-state index contributed by atoms with van der Waals surface area (Å²) >= 11 is 18.0. The first-order valence-electron chi connectivity index (χ1n) is 8.56. The first kappa shape index (κ1) is 22.4. The maximum absolute atomic E-state index is 13.0. The summed E-state index contributed by atoms with van der Waals surface area (Å²) in [4.78, 5) is 18.4. The standard InChI is InChI=1S/C20H16Cl3N3O3S/c1-12-8-16(6-7-17(12)23)30(28,29)25-18-10-14(22)11-24-19(18)20(27)26(2)15-5-3-4-13(21)9-15/h3-11,25H,1-2H3. The van der Waals surface area contributed by atoms with Crippen molar-refractivity contribution in [2.24, 2.45) is 0 Å². The molecule has 0 aliphatic carbocycles. The van der Waals surface area contributed by atoms with Crippen LogP contribution in [0.3, 0.4) is 0 Å². The fraction of sp³-hybridized carbons (Fsp3) is 0.100. The molecule has 0 fully saturated rings. The van der Waals surface area contributed by atoms with Gasteiger partial charge in [0.1, 0.15) is 0 Å². The van der Waals surface area contributed by atoms with E-state index in [-0.39, 0.29) is 21.3 Å². The lowest BCUT2D eigenvalue weighted by molar-refractivity contribution is 0.0989. The first-order valence-corrected chi connectivity index (χ1v) is 11.2. The largest absolute Gasteiger partial charge is 0.310 e. The predicted molar refractivity (Wildman–Crippen MR) is 120 cm³/mol. The Hall–Kier alpha value is -2.32. The van der Waals surface area contributed by atoms with E-state index in [1.165, 1.54) is 42.4 Å². The number of nitrogens with one attached hydrogen (secondary N) is 1. The van der Waals surface area contributed by atoms with Gasteiger partial charge in [-0.1, -0.05) is 40.9 Å². The van der Waals surface area contributed by atoms with Gasteiger partial charge in [0.2, 0.25) is 0 Å². The average Bonchev–Trinajstić information content (AvgIpc) is 2.68. The van der Waals surface area contributed by atoms with Crippen LogP contribution in [0.2, 0.25) is 15.1 Å². The van der Waals surface area contributed by atoms with E-state index in [4.69, 9.17) is 34.8 Å². The zero-order chi connectivity index (χ0) is 22.1. The van der Waals surface area contributed by atoms with Gasteiger partial charge in [-0.15, -0.1) is 0 Å². The molecule has 1 heterocycles. The SMILES string of the molecule is Cc1cc(S(=O)(=O)Nc2cc(Cl)cnc2C(=O)N(C)c2cccc(Cl)c2)ccc1Cl. The van der Waals surface area contributed by atoms with E-state index < -0.39 is 15.9 Å². The first-order chi connectivity index (χ1) is 14.1. The van der Waals surface area contributed by atoms with E-state index in [0.29, 0.717) is 21.3 Å². The van der Waals surface area contributed by atoms with Gasteiger partial charge in [0.15, 0.2) is 5.69 Å². The van der Waals surface area contributed by atoms with Crippen molar-refractivity contribution in [1.29, 1.82) is 0 Å². The normalized spacial score (nSPS) is 11.2. The Morgan fingerprint density at radius 3 is 2.43 bits per heavy atom. The molecule has 0 spiro atoms. The number of carbonyl (C=O) groups excluding carboxylic acids is 1. The predicted octanol–water partition coefficient (Wildman–Crippen LogP) is 5.43. The van der Waals surface area contributed by atoms with Crippen LogP contribution < -0.4 is 9.62 Å². The van der Waals surface area contributed by atoms with Gasteiger partial charge in [0.25, 0.3) is 15.9 Å². The number of carbonyl (C=O) groups is 1. The zero-order valence-corrected chi connectivity index (χ0v) is 18.9. The van der Waals surface area contributed by atoms with Crippen molar-refractivity contribution in [1.82, 2.24) is 4.98 Å². The topological polar surface area (TPSA) is 79.4 Å². The van der Waals surface area contributed by atoms with Crippen LogP contribution in [-0.4, -0.2) is 26.4 Å². The molecule has 6 nitrogen and oxygen atoms in total. The summed E-state index contributed by atoms with van der Waals surface area (Å²) in [6.45, 7) is 1.69. The Bertz CT molecular complexity index is 1230. The molecule has 0 atom stereocenters. The average molecular weight is 485 g/mol. The molecule has 3 aromatic rings. The van der Waals surface area contributed by atoms with Crippen molar-refractivity contribution in [2.75, 3.05) is 16.7 Å². The zero-order valence-electron chi connectivity index (χ0n) is 15.9. The molecule has 156 valence electrons. The van der Waals surface area contributed by atoms with Crippen molar-refractivity contribution in [3.63, 3.8) is 0 Å². The third-order valence-electron chi connectivity index (χ3n) is 4.24. The highest BCUT2D eigenvalue weighted by Crippen LogP contribution is 2.27. The van der Waals surface area contributed by atoms with Crippen LogP contribution in [0.4, 0.5) is 11.4 Å². The van der Waals surface area contributed by atoms with Gasteiger partial charge in [-0.05, 0) is 55.0 Å². The Labute approximate surface area is 189 Å². The Kier molecular flexibility index (Phi) is 6.57. The number of anilines is 2. The molecule has 0 saturated carbocycles. The van der Waals surface area contributed by atoms with Crippen molar-refractivity contribution in [3.05, 3.63) is 81.1 Å². The van der Waals surface area contributed by atoms with Crippen LogP contribution in [-0.2, 0) is 10.0 Å². The Balaban J connectivity index is 1.99. The highest BCUT2D eigenvalue weighted by molar-refractivity contribution is 7.92. The fourth-order valence-corrected chi connectivity index (χ4v) is 4.24. The molecule has 1 aromatic heterocycles. The highest BCUT2D eigenvalue weighted by atomic mass is 35.5. The van der Waals surface area contributed by atoms with E-state index in [1.54, 1.807) is 31.2 Å². The summed E-state index contributed by atoms with van der Waals surface area (Å²) in [5.74, 6) is -0.543. The maximum atomic E-state index is 13.0. The minimum Gasteiger partial charge on any atom is -0.310 e. The minimum absolute atomic E-state index is 0.00836. The number of aromatic nitrogens is 1. The number of halogens is 3. The summed E-state index contributed by atoms with van der Waals surface area (Å²) in [7, 11) is -2.49. The molecule has 0 saturated heterocycles. The molecule has 30 heavy (non-hydrogen) atoms. The summed E-state index contributed by atoms with van der Waals surface area (Å²) in [5.41, 5.74) is 0.956. The highest BCUT2D eigenvalue weighted by Gasteiger charge is 2.23. The molecular weight excluding hydrogens is 469 g/mol. The summed E-state index contributed by atoms with van der Waals surface area (Å²) in [5, 5.41) is 1.06. The van der Waals surface area contributed by atoms with Gasteiger partial charge in [0, 0.05) is 29.0 Å². The van der Waals surface area contributed by atoms with Gasteiger partial charge in [0.05, 0.1) is 15.6 Å². The summed E-state index contributed by atoms with van der Waals surface area (Å²) in [6, 6.07) is 12.3. The molecule has 10 heteroatoms. The second kappa shape index (κ2) is 8.81. The van der Waals surface area contributed by atoms with Gasteiger partial charge >= 0.3 is 0 Å². The van der Waals surface area contributed by atoms with Crippen LogP contribution >= 0.6 is 34.8 Å². The van der Waals surface area contributed by atoms with Crippen molar-refractivity contribution in [2.45, 2.75) is 11.8 Å². The van der Waals surface area contributed by atoms with Crippen LogP contribution in [0.5, 0.6) is 0 Å². The number of nitrogens with zero attached hydrogens (tertiary/aromatic N) is 2. The fourth-order valence-electron chi connectivity index (χ4n) is 2.64. The van der Waals surface area contributed by atoms with Crippen LogP contribution in [0.1, 0.15) is 16.1 Å². The lowest BCUT2D eigenvalue weighted by Gasteiger charge is -2.19. The van der Waals surface area contributed by atoms with E-state index in [9.17, 15) is 13.2 Å². The number of aryl methyl sites for hydroxylation is 1. The van der Waals surface area contributed by atoms with Gasteiger partial charge in [-0.2, -0.15) is 0 Å². The molecular formula is C20H16Cl3N3O3S. The third-order valence-corrected chi connectivity index (χ3v) is 6.47. The number of pyridine rings is 1. The molecule has 0 aliphatic rings. The third kappa shape index (κ3) is 4.87. The van der Waals surface area contributed by atoms with Crippen LogP contribution in [0.15, 0.2) is 59.6 Å². The number of rotatable bonds is 5. The van der Waals surface area contributed by atoms with E-state index in [0.717, 1.165) is 0 Å². The number of sulfonamides is 1. The lowest BCUT2D eigenvalue weighted by Crippen LogP contribution is -2.28. The second-order valence-electron chi connectivity index (χ2n) is 6.41. The van der Waals surface area contributed by atoms with E-state index >= 15 is 0 Å². The number of hydrogen-bond acceptors (Lipinski definition) is 4. The molecule has 0 radical (unpaired) electrons. The number of amides is 1. The summed E-state index contributed by atoms with van der Waals surface area (Å²) < 4.78 is 28.1. The van der Waals surface area contributed by atoms with Gasteiger partial charge in [-0.25, -0.2) is 13.4 Å². The van der Waals surface area contributed by atoms with Crippen molar-refractivity contribution < 1.29 is 13.2 Å². The second-order valence-corrected chi connectivity index (χ2v) is 9.37. The Morgan fingerprint density at radius 2 is 1.77 bits per heavy atom. The Morgan fingerprint density at radius 1 is 1.03 bits per heavy atom. The molecule has 1 N–H and O–H groups in total. The lowest BCUT2D eigenvalue weighted by atomic mass is 10.2. The van der Waals surface area contributed by atoms with Crippen LogP contribution in [0.25, 0.3) is 0 Å². The number of hydrogen-bond donors (Lipinski definition) is 1. The number of benzene rings is 2. The molecule has 0 aliphatic heterocycles. The van der Waals surface area contributed by atoms with E-state index in [2.05, 4.69) is 9.71 Å². The van der Waals surface area contributed by atoms with Gasteiger partial charge < -0.3 is 4.90 Å². The maximum Gasteiger partial charge on any atom is 0.278 e. The quantitative estimate of drug-likeness (QED) is 0.524. The van der Waals surface area contributed by atoms with Crippen LogP contribution in [0, 0.1) is 6.92 Å². The minimum atomic E-state index is -4.02. The van der Waals surface area contributed by atoms with Crippen molar-refractivity contribution >= 4 is 62.1 Å². The molecule has 0 unspecified atom stereocenters. The smallest absolute Gasteiger partial charge is 0.278 e. The van der Waals surface area contributed by atoms with Gasteiger partial charge in [-0.3, -0.25) is 9.52 Å². The molecule has 1 amide bonds. The summed E-state index contributed by atoms with van der Waals surface area (Å²) in [6.07, 6.45) is 1.27. The monoisotopic (exact) mass is 483 g/mol.